The van der Waals surface area contributed by atoms with E-state index >= 15 is 0 Å². The summed E-state index contributed by atoms with van der Waals surface area (Å²) in [5.41, 5.74) is 0. The van der Waals surface area contributed by atoms with Gasteiger partial charge in [0.15, 0.2) is 0 Å². The first-order valence-electron chi connectivity index (χ1n) is 6.96. The third-order valence-corrected chi connectivity index (χ3v) is 5.01. The van der Waals surface area contributed by atoms with Crippen LogP contribution in [0.15, 0.2) is 0 Å². The topological polar surface area (TPSA) is 61.4 Å². The summed E-state index contributed by atoms with van der Waals surface area (Å²) in [6, 6.07) is 0.733. The number of rotatable bonds is 10. The Balaban J connectivity index is 2.25. The second kappa shape index (κ2) is 7.43. The van der Waals surface area contributed by atoms with E-state index in [1.54, 1.807) is 7.05 Å². The molecule has 0 aromatic rings. The van der Waals surface area contributed by atoms with Crippen LogP contribution >= 0.6 is 0 Å². The largest absolute Gasteiger partial charge is 0.314 e. The second-order valence-corrected chi connectivity index (χ2v) is 6.85. The van der Waals surface area contributed by atoms with Crippen molar-refractivity contribution in [2.75, 3.05) is 20.1 Å². The summed E-state index contributed by atoms with van der Waals surface area (Å²) in [5.74, 6) is 0. The highest BCUT2D eigenvalue weighted by atomic mass is 32.2. The first kappa shape index (κ1) is 15.9. The molecule has 18 heavy (non-hydrogen) atoms. The third-order valence-electron chi connectivity index (χ3n) is 3.37. The molecule has 6 heteroatoms. The molecule has 0 atom stereocenters. The Hall–Kier alpha value is -0.170. The van der Waals surface area contributed by atoms with Crippen LogP contribution in [0.25, 0.3) is 0 Å². The summed E-state index contributed by atoms with van der Waals surface area (Å²) in [6.45, 7) is 5.46. The van der Waals surface area contributed by atoms with Crippen molar-refractivity contribution in [3.63, 3.8) is 0 Å². The van der Waals surface area contributed by atoms with Crippen molar-refractivity contribution < 1.29 is 8.42 Å². The molecule has 0 aromatic heterocycles. The molecular formula is C12H27N3O2S. The van der Waals surface area contributed by atoms with Crippen molar-refractivity contribution in [3.8, 4) is 0 Å². The average molecular weight is 277 g/mol. The maximum atomic E-state index is 12.0. The van der Waals surface area contributed by atoms with Gasteiger partial charge in [-0.25, -0.2) is 0 Å². The quantitative estimate of drug-likeness (QED) is 0.588. The van der Waals surface area contributed by atoms with Gasteiger partial charge in [-0.3, -0.25) is 0 Å². The zero-order valence-electron chi connectivity index (χ0n) is 11.8. The predicted molar refractivity (Wildman–Crippen MR) is 74.7 cm³/mol. The molecule has 1 saturated carbocycles. The molecule has 1 fully saturated rings. The molecule has 0 spiro atoms. The van der Waals surface area contributed by atoms with Gasteiger partial charge in [-0.15, -0.1) is 0 Å². The molecule has 1 rings (SSSR count). The van der Waals surface area contributed by atoms with Gasteiger partial charge in [-0.2, -0.15) is 17.4 Å². The monoisotopic (exact) mass is 277 g/mol. The van der Waals surface area contributed by atoms with Crippen molar-refractivity contribution in [2.45, 2.75) is 58.0 Å². The lowest BCUT2D eigenvalue weighted by molar-refractivity contribution is 0.430. The van der Waals surface area contributed by atoms with Crippen molar-refractivity contribution in [1.82, 2.24) is 14.3 Å². The van der Waals surface area contributed by atoms with Crippen LogP contribution in [0, 0.1) is 0 Å². The van der Waals surface area contributed by atoms with E-state index in [2.05, 4.69) is 10.0 Å². The van der Waals surface area contributed by atoms with E-state index in [0.29, 0.717) is 12.6 Å². The highest BCUT2D eigenvalue weighted by Crippen LogP contribution is 2.18. The first-order valence-corrected chi connectivity index (χ1v) is 8.40. The SMILES string of the molecule is CCC(CC)NS(=O)(=O)N(C)CCCNC1CC1. The summed E-state index contributed by atoms with van der Waals surface area (Å²) < 4.78 is 28.1. The fourth-order valence-corrected chi connectivity index (χ4v) is 3.08. The van der Waals surface area contributed by atoms with Crippen LogP contribution in [0.1, 0.15) is 46.0 Å². The Labute approximate surface area is 112 Å². The molecule has 0 bridgehead atoms. The van der Waals surface area contributed by atoms with E-state index in [1.807, 2.05) is 13.8 Å². The Kier molecular flexibility index (Phi) is 6.55. The van der Waals surface area contributed by atoms with E-state index in [9.17, 15) is 8.42 Å². The summed E-state index contributed by atoms with van der Waals surface area (Å²) in [7, 11) is -1.67. The summed E-state index contributed by atoms with van der Waals surface area (Å²) in [5, 5.41) is 3.38. The Morgan fingerprint density at radius 2 is 1.89 bits per heavy atom. The molecule has 0 radical (unpaired) electrons. The fourth-order valence-electron chi connectivity index (χ4n) is 1.77. The predicted octanol–water partition coefficient (Wildman–Crippen LogP) is 1.08. The Bertz CT molecular complexity index is 324. The first-order chi connectivity index (χ1) is 8.49. The van der Waals surface area contributed by atoms with Gasteiger partial charge in [-0.05, 0) is 38.6 Å². The summed E-state index contributed by atoms with van der Waals surface area (Å²) in [4.78, 5) is 0. The number of hydrogen-bond donors (Lipinski definition) is 2. The normalized spacial score (nSPS) is 16.7. The number of nitrogens with one attached hydrogen (secondary N) is 2. The lowest BCUT2D eigenvalue weighted by Gasteiger charge is -2.21. The molecule has 2 N–H and O–H groups in total. The lowest BCUT2D eigenvalue weighted by Crippen LogP contribution is -2.44. The smallest absolute Gasteiger partial charge is 0.279 e. The van der Waals surface area contributed by atoms with E-state index < -0.39 is 10.2 Å². The molecule has 5 nitrogen and oxygen atoms in total. The van der Waals surface area contributed by atoms with Gasteiger partial charge in [0.1, 0.15) is 0 Å². The molecule has 1 aliphatic carbocycles. The van der Waals surface area contributed by atoms with Crippen LogP contribution in [-0.4, -0.2) is 44.9 Å². The minimum Gasteiger partial charge on any atom is -0.314 e. The van der Waals surface area contributed by atoms with Gasteiger partial charge in [0.25, 0.3) is 10.2 Å². The summed E-state index contributed by atoms with van der Waals surface area (Å²) >= 11 is 0. The van der Waals surface area contributed by atoms with Crippen molar-refractivity contribution in [2.24, 2.45) is 0 Å². The van der Waals surface area contributed by atoms with E-state index in [1.165, 1.54) is 17.1 Å². The van der Waals surface area contributed by atoms with Crippen LogP contribution in [0.2, 0.25) is 0 Å². The molecule has 108 valence electrons. The molecule has 0 heterocycles. The van der Waals surface area contributed by atoms with E-state index in [-0.39, 0.29) is 6.04 Å². The van der Waals surface area contributed by atoms with Gasteiger partial charge in [0.2, 0.25) is 0 Å². The van der Waals surface area contributed by atoms with Crippen molar-refractivity contribution in [3.05, 3.63) is 0 Å². The van der Waals surface area contributed by atoms with Crippen molar-refractivity contribution in [1.29, 1.82) is 0 Å². The van der Waals surface area contributed by atoms with E-state index in [0.717, 1.165) is 25.8 Å². The molecule has 0 unspecified atom stereocenters. The zero-order chi connectivity index (χ0) is 13.6. The molecular weight excluding hydrogens is 250 g/mol. The van der Waals surface area contributed by atoms with E-state index in [4.69, 9.17) is 0 Å². The zero-order valence-corrected chi connectivity index (χ0v) is 12.6. The fraction of sp³-hybridized carbons (Fsp3) is 1.00. The maximum Gasteiger partial charge on any atom is 0.279 e. The van der Waals surface area contributed by atoms with Gasteiger partial charge >= 0.3 is 0 Å². The van der Waals surface area contributed by atoms with Gasteiger partial charge in [-0.1, -0.05) is 13.8 Å². The molecule has 0 saturated heterocycles. The highest BCUT2D eigenvalue weighted by molar-refractivity contribution is 7.87. The van der Waals surface area contributed by atoms with Gasteiger partial charge < -0.3 is 5.32 Å². The second-order valence-electron chi connectivity index (χ2n) is 5.04. The minimum absolute atomic E-state index is 0.0436. The standard InChI is InChI=1S/C12H27N3O2S/c1-4-11(5-2)14-18(16,17)15(3)10-6-9-13-12-7-8-12/h11-14H,4-10H2,1-3H3. The van der Waals surface area contributed by atoms with Crippen LogP contribution in [0.3, 0.4) is 0 Å². The average Bonchev–Trinajstić information content (AvgIpc) is 3.15. The number of hydrogen-bond acceptors (Lipinski definition) is 3. The molecule has 0 amide bonds. The highest BCUT2D eigenvalue weighted by Gasteiger charge is 2.22. The van der Waals surface area contributed by atoms with Crippen LogP contribution in [0.4, 0.5) is 0 Å². The Morgan fingerprint density at radius 3 is 2.39 bits per heavy atom. The van der Waals surface area contributed by atoms with Crippen LogP contribution in [-0.2, 0) is 10.2 Å². The van der Waals surface area contributed by atoms with Gasteiger partial charge in [0, 0.05) is 25.7 Å². The summed E-state index contributed by atoms with van der Waals surface area (Å²) in [6.07, 6.45) is 5.05. The van der Waals surface area contributed by atoms with Crippen LogP contribution < -0.4 is 10.0 Å². The third kappa shape index (κ3) is 5.65. The van der Waals surface area contributed by atoms with Gasteiger partial charge in [0.05, 0.1) is 0 Å². The minimum atomic E-state index is -3.31. The molecule has 1 aliphatic rings. The maximum absolute atomic E-state index is 12.0. The molecule has 0 aliphatic heterocycles. The molecule has 0 aromatic carbocycles. The van der Waals surface area contributed by atoms with Crippen LogP contribution in [0.5, 0.6) is 0 Å². The number of nitrogens with zero attached hydrogens (tertiary/aromatic N) is 1. The lowest BCUT2D eigenvalue weighted by atomic mass is 10.2. The van der Waals surface area contributed by atoms with Crippen molar-refractivity contribution >= 4 is 10.2 Å². The Morgan fingerprint density at radius 1 is 1.28 bits per heavy atom.